The lowest BCUT2D eigenvalue weighted by molar-refractivity contribution is -0.383. The SMILES string of the molecule is COC12CC[C@H](CCO)O[C@@H]1[C@@H](OC(C)=O)[C@@H]1O[C@H](C[C@@](S)(COC(C)=O)OC(C)=O)[C@H](OCc3ccccc3)[C@@H]1O2. The van der Waals surface area contributed by atoms with Crippen LogP contribution in [0.15, 0.2) is 30.3 Å². The van der Waals surface area contributed by atoms with E-state index in [1.165, 1.54) is 27.9 Å². The van der Waals surface area contributed by atoms with Crippen LogP contribution in [0.25, 0.3) is 0 Å². The summed E-state index contributed by atoms with van der Waals surface area (Å²) in [6, 6.07) is 9.51. The van der Waals surface area contributed by atoms with Crippen LogP contribution in [0.1, 0.15) is 52.0 Å². The Morgan fingerprint density at radius 3 is 2.40 bits per heavy atom. The molecular weight excluding hydrogens is 572 g/mol. The number of esters is 3. The van der Waals surface area contributed by atoms with E-state index in [1.54, 1.807) is 0 Å². The summed E-state index contributed by atoms with van der Waals surface area (Å²) >= 11 is 4.59. The number of ether oxygens (including phenoxy) is 8. The van der Waals surface area contributed by atoms with Crippen molar-refractivity contribution in [2.75, 3.05) is 20.3 Å². The Hall–Kier alpha value is -2.26. The minimum atomic E-state index is -1.56. The van der Waals surface area contributed by atoms with Crippen LogP contribution in [0.3, 0.4) is 0 Å². The van der Waals surface area contributed by atoms with E-state index in [0.717, 1.165) is 5.56 Å². The molecule has 1 N–H and O–H groups in total. The molecule has 0 amide bonds. The van der Waals surface area contributed by atoms with Gasteiger partial charge in [0.25, 0.3) is 0 Å². The first-order valence-corrected chi connectivity index (χ1v) is 14.5. The highest BCUT2D eigenvalue weighted by atomic mass is 32.1. The van der Waals surface area contributed by atoms with Crippen LogP contribution in [-0.2, 0) is 58.9 Å². The number of carbonyl (C=O) groups is 3. The predicted molar refractivity (Wildman–Crippen MR) is 148 cm³/mol. The molecule has 3 fully saturated rings. The van der Waals surface area contributed by atoms with Crippen molar-refractivity contribution in [3.05, 3.63) is 35.9 Å². The Kier molecular flexibility index (Phi) is 10.9. The van der Waals surface area contributed by atoms with E-state index in [0.29, 0.717) is 19.3 Å². The third-order valence-corrected chi connectivity index (χ3v) is 8.03. The maximum atomic E-state index is 12.3. The number of hydrogen-bond donors (Lipinski definition) is 2. The van der Waals surface area contributed by atoms with Crippen LogP contribution in [0.2, 0.25) is 0 Å². The van der Waals surface area contributed by atoms with Gasteiger partial charge in [0.1, 0.15) is 24.9 Å². The summed E-state index contributed by atoms with van der Waals surface area (Å²) in [5.74, 6) is -3.04. The molecule has 12 nitrogen and oxygen atoms in total. The monoisotopic (exact) mass is 612 g/mol. The van der Waals surface area contributed by atoms with E-state index < -0.39 is 65.3 Å². The second kappa shape index (κ2) is 14.0. The highest BCUT2D eigenvalue weighted by Gasteiger charge is 2.66. The Morgan fingerprint density at radius 1 is 1.05 bits per heavy atom. The van der Waals surface area contributed by atoms with Gasteiger partial charge in [-0.25, -0.2) is 0 Å². The average molecular weight is 613 g/mol. The number of benzene rings is 1. The number of rotatable bonds is 12. The van der Waals surface area contributed by atoms with Crippen LogP contribution in [0.5, 0.6) is 0 Å². The van der Waals surface area contributed by atoms with Gasteiger partial charge in [-0.15, -0.1) is 12.6 Å². The number of methoxy groups -OCH3 is 1. The van der Waals surface area contributed by atoms with Gasteiger partial charge < -0.3 is 43.0 Å². The van der Waals surface area contributed by atoms with Gasteiger partial charge in [0, 0.05) is 47.3 Å². The quantitative estimate of drug-likeness (QED) is 0.154. The molecule has 3 saturated heterocycles. The zero-order valence-corrected chi connectivity index (χ0v) is 25.2. The molecule has 0 saturated carbocycles. The fourth-order valence-electron chi connectivity index (χ4n) is 5.90. The summed E-state index contributed by atoms with van der Waals surface area (Å²) in [4.78, 5) is 34.4. The number of thiol groups is 1. The van der Waals surface area contributed by atoms with E-state index in [-0.39, 0.29) is 32.3 Å². The molecule has 1 aromatic carbocycles. The van der Waals surface area contributed by atoms with E-state index in [9.17, 15) is 19.5 Å². The van der Waals surface area contributed by atoms with Crippen molar-refractivity contribution in [1.29, 1.82) is 0 Å². The van der Waals surface area contributed by atoms with Crippen molar-refractivity contribution >= 4 is 30.5 Å². The van der Waals surface area contributed by atoms with Crippen molar-refractivity contribution in [3.8, 4) is 0 Å². The van der Waals surface area contributed by atoms with Crippen LogP contribution >= 0.6 is 12.6 Å². The third-order valence-electron chi connectivity index (χ3n) is 7.63. The van der Waals surface area contributed by atoms with Gasteiger partial charge in [-0.05, 0) is 18.4 Å². The van der Waals surface area contributed by atoms with Crippen molar-refractivity contribution in [3.63, 3.8) is 0 Å². The minimum absolute atomic E-state index is 0.0514. The normalized spacial score (nSPS) is 33.5. The average Bonchev–Trinajstić information content (AvgIpc) is 3.26. The maximum Gasteiger partial charge on any atom is 0.304 e. The third kappa shape index (κ3) is 7.62. The minimum Gasteiger partial charge on any atom is -0.461 e. The molecule has 0 aromatic heterocycles. The molecule has 3 heterocycles. The first-order chi connectivity index (χ1) is 20.0. The highest BCUT2D eigenvalue weighted by molar-refractivity contribution is 7.81. The zero-order chi connectivity index (χ0) is 30.5. The molecule has 0 aliphatic carbocycles. The maximum absolute atomic E-state index is 12.3. The smallest absolute Gasteiger partial charge is 0.304 e. The van der Waals surface area contributed by atoms with Gasteiger partial charge in [-0.2, -0.15) is 0 Å². The molecular formula is C29H40O12S. The van der Waals surface area contributed by atoms with Crippen LogP contribution in [0.4, 0.5) is 0 Å². The lowest BCUT2D eigenvalue weighted by atomic mass is 9.84. The molecule has 0 bridgehead atoms. The van der Waals surface area contributed by atoms with Crippen molar-refractivity contribution in [1.82, 2.24) is 0 Å². The molecule has 4 rings (SSSR count). The van der Waals surface area contributed by atoms with E-state index >= 15 is 0 Å². The Morgan fingerprint density at radius 2 is 1.79 bits per heavy atom. The van der Waals surface area contributed by atoms with Crippen molar-refractivity contribution in [2.45, 2.75) is 107 Å². The van der Waals surface area contributed by atoms with Crippen molar-refractivity contribution in [2.24, 2.45) is 0 Å². The topological polar surface area (TPSA) is 145 Å². The summed E-state index contributed by atoms with van der Waals surface area (Å²) in [6.45, 7) is 3.55. The van der Waals surface area contributed by atoms with Gasteiger partial charge in [0.15, 0.2) is 22.9 Å². The fraction of sp³-hybridized carbons (Fsp3) is 0.690. The summed E-state index contributed by atoms with van der Waals surface area (Å²) in [5.41, 5.74) is 0.899. The van der Waals surface area contributed by atoms with Gasteiger partial charge in [0.2, 0.25) is 0 Å². The number of fused-ring (bicyclic) bond motifs is 2. The lowest BCUT2D eigenvalue weighted by Gasteiger charge is -2.53. The first-order valence-electron chi connectivity index (χ1n) is 14.0. The lowest BCUT2D eigenvalue weighted by Crippen LogP contribution is -2.69. The molecule has 13 heteroatoms. The summed E-state index contributed by atoms with van der Waals surface area (Å²) < 4.78 is 48.3. The van der Waals surface area contributed by atoms with Crippen molar-refractivity contribution < 1.29 is 57.4 Å². The largest absolute Gasteiger partial charge is 0.461 e. The second-order valence-electron chi connectivity index (χ2n) is 10.8. The van der Waals surface area contributed by atoms with Gasteiger partial charge >= 0.3 is 17.9 Å². The molecule has 3 aliphatic rings. The standard InChI is InChI=1S/C29H40O12S/c1-17(31)36-16-28(42,40-19(3)33)14-22-23(35-15-20-8-6-5-7-9-20)25-24(39-22)26(37-18(2)32)27-29(34-4,41-25)12-10-21(38-27)11-13-30/h5-9,21-27,30,42H,10-16H2,1-4H3/t21-,22-,23+,24-,25+,26+,27-,28-,29?/m1/s1. The summed E-state index contributed by atoms with van der Waals surface area (Å²) in [7, 11) is 1.50. The number of hydrogen-bond acceptors (Lipinski definition) is 13. The summed E-state index contributed by atoms with van der Waals surface area (Å²) in [6.07, 6.45) is -4.04. The van der Waals surface area contributed by atoms with Gasteiger partial charge in [0.05, 0.1) is 18.8 Å². The van der Waals surface area contributed by atoms with Crippen LogP contribution in [-0.4, -0.2) is 96.8 Å². The Bertz CT molecular complexity index is 1090. The van der Waals surface area contributed by atoms with Crippen LogP contribution < -0.4 is 0 Å². The number of carbonyl (C=O) groups excluding carboxylic acids is 3. The molecule has 0 spiro atoms. The zero-order valence-electron chi connectivity index (χ0n) is 24.3. The summed E-state index contributed by atoms with van der Waals surface area (Å²) in [5, 5.41) is 9.53. The van der Waals surface area contributed by atoms with Crippen LogP contribution in [0, 0.1) is 0 Å². The van der Waals surface area contributed by atoms with Gasteiger partial charge in [-0.1, -0.05) is 30.3 Å². The highest BCUT2D eigenvalue weighted by Crippen LogP contribution is 2.48. The molecule has 234 valence electrons. The van der Waals surface area contributed by atoms with E-state index in [2.05, 4.69) is 12.6 Å². The number of aliphatic hydroxyl groups excluding tert-OH is 1. The molecule has 3 aliphatic heterocycles. The number of aliphatic hydroxyl groups is 1. The van der Waals surface area contributed by atoms with Gasteiger partial charge in [-0.3, -0.25) is 14.4 Å². The van der Waals surface area contributed by atoms with E-state index in [4.69, 9.17) is 37.9 Å². The molecule has 42 heavy (non-hydrogen) atoms. The fourth-order valence-corrected chi connectivity index (χ4v) is 6.27. The molecule has 1 aromatic rings. The van der Waals surface area contributed by atoms with E-state index in [1.807, 2.05) is 30.3 Å². The molecule has 0 radical (unpaired) electrons. The second-order valence-corrected chi connectivity index (χ2v) is 11.6. The first kappa shape index (κ1) is 32.6. The Labute approximate surface area is 250 Å². The Balaban J connectivity index is 1.69. The predicted octanol–water partition coefficient (Wildman–Crippen LogP) is 2.08. The molecule has 1 unspecified atom stereocenters. The molecule has 9 atom stereocenters.